The number of ether oxygens (including phenoxy) is 1. The first kappa shape index (κ1) is 19.9. The van der Waals surface area contributed by atoms with Gasteiger partial charge in [-0.05, 0) is 42.8 Å². The number of nitrogens with two attached hydrogens (primary N) is 1. The van der Waals surface area contributed by atoms with E-state index in [9.17, 15) is 9.59 Å². The van der Waals surface area contributed by atoms with Crippen LogP contribution >= 0.6 is 0 Å². The molecule has 0 saturated carbocycles. The third kappa shape index (κ3) is 5.32. The molecule has 0 saturated heterocycles. The van der Waals surface area contributed by atoms with Gasteiger partial charge in [-0.25, -0.2) is 4.99 Å². The number of para-hydroxylation sites is 1. The average molecular weight is 394 g/mol. The largest absolute Gasteiger partial charge is 0.497 e. The maximum absolute atomic E-state index is 12.2. The van der Waals surface area contributed by atoms with Gasteiger partial charge in [-0.1, -0.05) is 18.2 Å². The molecule has 2 aromatic carbocycles. The standard InChI is InChI=1S/C20H22N6O3/c1-12-5-3-4-6-15(12)23-19(21)26-20-24-16(18(28)25-20)11-17(27)22-13-7-9-14(29-2)10-8-13/h3-10,16H,11H2,1-2H3,(H,22,27)(H4,21,23,24,25,26,28). The number of methoxy groups -OCH3 is 1. The fourth-order valence-electron chi connectivity index (χ4n) is 2.68. The molecule has 29 heavy (non-hydrogen) atoms. The van der Waals surface area contributed by atoms with Crippen molar-refractivity contribution in [1.29, 1.82) is 0 Å². The summed E-state index contributed by atoms with van der Waals surface area (Å²) in [5.41, 5.74) is 8.29. The highest BCUT2D eigenvalue weighted by molar-refractivity contribution is 6.11. The van der Waals surface area contributed by atoms with Crippen molar-refractivity contribution >= 4 is 35.1 Å². The Bertz CT molecular complexity index is 968. The van der Waals surface area contributed by atoms with Gasteiger partial charge in [0.25, 0.3) is 5.91 Å². The Hall–Kier alpha value is -3.88. The normalized spacial score (nSPS) is 16.1. The Labute approximate surface area is 168 Å². The van der Waals surface area contributed by atoms with Crippen molar-refractivity contribution in [3.05, 3.63) is 54.1 Å². The fourth-order valence-corrected chi connectivity index (χ4v) is 2.68. The molecule has 1 heterocycles. The highest BCUT2D eigenvalue weighted by atomic mass is 16.5. The summed E-state index contributed by atoms with van der Waals surface area (Å²) in [6, 6.07) is 13.6. The Morgan fingerprint density at radius 2 is 1.93 bits per heavy atom. The van der Waals surface area contributed by atoms with Crippen LogP contribution in [0, 0.1) is 6.92 Å². The highest BCUT2D eigenvalue weighted by Gasteiger charge is 2.28. The predicted molar refractivity (Wildman–Crippen MR) is 112 cm³/mol. The smallest absolute Gasteiger partial charge is 0.252 e. The molecule has 0 fully saturated rings. The molecular formula is C20H22N6O3. The van der Waals surface area contributed by atoms with E-state index in [-0.39, 0.29) is 24.2 Å². The van der Waals surface area contributed by atoms with E-state index in [0.717, 1.165) is 11.3 Å². The SMILES string of the molecule is COc1ccc(NC(=O)CC2N=C(/N=C(\N)Nc3ccccc3C)NC2=O)cc1. The molecule has 1 atom stereocenters. The van der Waals surface area contributed by atoms with Crippen LogP contribution in [0.4, 0.5) is 11.4 Å². The van der Waals surface area contributed by atoms with Crippen LogP contribution in [0.1, 0.15) is 12.0 Å². The lowest BCUT2D eigenvalue weighted by Crippen LogP contribution is -2.32. The number of anilines is 2. The minimum Gasteiger partial charge on any atom is -0.497 e. The maximum Gasteiger partial charge on any atom is 0.252 e. The second-order valence-corrected chi connectivity index (χ2v) is 6.38. The van der Waals surface area contributed by atoms with Gasteiger partial charge in [-0.15, -0.1) is 0 Å². The van der Waals surface area contributed by atoms with E-state index < -0.39 is 11.9 Å². The first-order chi connectivity index (χ1) is 13.9. The number of nitrogens with zero attached hydrogens (tertiary/aromatic N) is 2. The summed E-state index contributed by atoms with van der Waals surface area (Å²) in [6.45, 7) is 1.93. The molecule has 0 radical (unpaired) electrons. The molecule has 150 valence electrons. The fraction of sp³-hybridized carbons (Fsp3) is 0.200. The summed E-state index contributed by atoms with van der Waals surface area (Å²) < 4.78 is 5.07. The molecular weight excluding hydrogens is 372 g/mol. The van der Waals surface area contributed by atoms with Gasteiger partial charge in [-0.3, -0.25) is 14.9 Å². The summed E-state index contributed by atoms with van der Waals surface area (Å²) in [7, 11) is 1.56. The van der Waals surface area contributed by atoms with Crippen LogP contribution in [-0.4, -0.2) is 36.9 Å². The van der Waals surface area contributed by atoms with Crippen LogP contribution in [-0.2, 0) is 9.59 Å². The van der Waals surface area contributed by atoms with Crippen molar-refractivity contribution in [3.8, 4) is 5.75 Å². The van der Waals surface area contributed by atoms with Crippen molar-refractivity contribution in [2.45, 2.75) is 19.4 Å². The number of aliphatic imine (C=N–C) groups is 2. The minimum absolute atomic E-state index is 0.0656. The van der Waals surface area contributed by atoms with Gasteiger partial charge in [0.05, 0.1) is 13.5 Å². The van der Waals surface area contributed by atoms with Crippen LogP contribution in [0.2, 0.25) is 0 Å². The number of amides is 2. The van der Waals surface area contributed by atoms with Crippen LogP contribution in [0.15, 0.2) is 58.5 Å². The second-order valence-electron chi connectivity index (χ2n) is 6.38. The monoisotopic (exact) mass is 394 g/mol. The highest BCUT2D eigenvalue weighted by Crippen LogP contribution is 2.16. The van der Waals surface area contributed by atoms with Gasteiger partial charge < -0.3 is 21.1 Å². The van der Waals surface area contributed by atoms with Gasteiger partial charge >= 0.3 is 0 Å². The zero-order chi connectivity index (χ0) is 20.8. The summed E-state index contributed by atoms with van der Waals surface area (Å²) in [6.07, 6.45) is -0.109. The molecule has 1 aliphatic heterocycles. The van der Waals surface area contributed by atoms with E-state index in [4.69, 9.17) is 10.5 Å². The summed E-state index contributed by atoms with van der Waals surface area (Å²) in [5, 5.41) is 8.20. The lowest BCUT2D eigenvalue weighted by atomic mass is 10.2. The Morgan fingerprint density at radius 1 is 1.21 bits per heavy atom. The number of aryl methyl sites for hydroxylation is 1. The van der Waals surface area contributed by atoms with Crippen molar-refractivity contribution < 1.29 is 14.3 Å². The molecule has 5 N–H and O–H groups in total. The Balaban J connectivity index is 1.59. The number of carbonyl (C=O) groups excluding carboxylic acids is 2. The molecule has 1 aliphatic rings. The van der Waals surface area contributed by atoms with Gasteiger partial charge in [0.1, 0.15) is 11.8 Å². The molecule has 0 bridgehead atoms. The maximum atomic E-state index is 12.2. The molecule has 1 unspecified atom stereocenters. The third-order valence-electron chi connectivity index (χ3n) is 4.20. The van der Waals surface area contributed by atoms with Gasteiger partial charge in [0.2, 0.25) is 17.8 Å². The topological polar surface area (TPSA) is 130 Å². The molecule has 0 spiro atoms. The number of nitrogens with one attached hydrogen (secondary N) is 3. The predicted octanol–water partition coefficient (Wildman–Crippen LogP) is 1.61. The molecule has 0 aliphatic carbocycles. The second kappa shape index (κ2) is 8.87. The molecule has 2 amide bonds. The summed E-state index contributed by atoms with van der Waals surface area (Å²) in [5.74, 6) is 0.0901. The summed E-state index contributed by atoms with van der Waals surface area (Å²) >= 11 is 0. The van der Waals surface area contributed by atoms with Crippen LogP contribution in [0.25, 0.3) is 0 Å². The third-order valence-corrected chi connectivity index (χ3v) is 4.20. The lowest BCUT2D eigenvalue weighted by Gasteiger charge is -2.07. The van der Waals surface area contributed by atoms with Crippen LogP contribution in [0.3, 0.4) is 0 Å². The number of hydrogen-bond acceptors (Lipinski definition) is 5. The number of carbonyl (C=O) groups is 2. The first-order valence-electron chi connectivity index (χ1n) is 8.94. The van der Waals surface area contributed by atoms with Gasteiger partial charge in [0.15, 0.2) is 0 Å². The lowest BCUT2D eigenvalue weighted by molar-refractivity contribution is -0.123. The van der Waals surface area contributed by atoms with Crippen LogP contribution < -0.4 is 26.4 Å². The van der Waals surface area contributed by atoms with Gasteiger partial charge in [-0.2, -0.15) is 4.99 Å². The molecule has 3 rings (SSSR count). The number of benzene rings is 2. The number of guanidine groups is 2. The van der Waals surface area contributed by atoms with E-state index in [1.165, 1.54) is 0 Å². The van der Waals surface area contributed by atoms with Crippen molar-refractivity contribution in [2.24, 2.45) is 15.7 Å². The van der Waals surface area contributed by atoms with E-state index in [1.807, 2.05) is 31.2 Å². The zero-order valence-corrected chi connectivity index (χ0v) is 16.1. The molecule has 2 aromatic rings. The Morgan fingerprint density at radius 3 is 2.62 bits per heavy atom. The van der Waals surface area contributed by atoms with Crippen molar-refractivity contribution in [2.75, 3.05) is 17.7 Å². The number of rotatable bonds is 5. The van der Waals surface area contributed by atoms with E-state index >= 15 is 0 Å². The zero-order valence-electron chi connectivity index (χ0n) is 16.1. The van der Waals surface area contributed by atoms with E-state index in [2.05, 4.69) is 25.9 Å². The average Bonchev–Trinajstić information content (AvgIpc) is 3.02. The van der Waals surface area contributed by atoms with E-state index in [1.54, 1.807) is 31.4 Å². The molecule has 9 heteroatoms. The summed E-state index contributed by atoms with van der Waals surface area (Å²) in [4.78, 5) is 32.5. The van der Waals surface area contributed by atoms with Gasteiger partial charge in [0, 0.05) is 11.4 Å². The van der Waals surface area contributed by atoms with Crippen molar-refractivity contribution in [3.63, 3.8) is 0 Å². The van der Waals surface area contributed by atoms with E-state index in [0.29, 0.717) is 11.4 Å². The quantitative estimate of drug-likeness (QED) is 0.452. The molecule has 0 aromatic heterocycles. The number of hydrogen-bond donors (Lipinski definition) is 4. The molecule has 9 nitrogen and oxygen atoms in total. The Kier molecular flexibility index (Phi) is 6.08. The van der Waals surface area contributed by atoms with Crippen LogP contribution in [0.5, 0.6) is 5.75 Å². The van der Waals surface area contributed by atoms with Crippen molar-refractivity contribution in [1.82, 2.24) is 5.32 Å². The first-order valence-corrected chi connectivity index (χ1v) is 8.94. The minimum atomic E-state index is -0.863.